The Bertz CT molecular complexity index is 767. The van der Waals surface area contributed by atoms with Crippen LogP contribution in [-0.4, -0.2) is 24.0 Å². The summed E-state index contributed by atoms with van der Waals surface area (Å²) in [7, 11) is 0. The molecule has 0 aliphatic heterocycles. The third-order valence-electron chi connectivity index (χ3n) is 3.45. The van der Waals surface area contributed by atoms with Gasteiger partial charge in [0, 0.05) is 9.92 Å². The number of hydrazone groups is 1. The maximum absolute atomic E-state index is 11.8. The number of hydrogen-bond donors (Lipinski definition) is 1. The number of hydrogen-bond acceptors (Lipinski definition) is 4. The van der Waals surface area contributed by atoms with Crippen molar-refractivity contribution in [3.05, 3.63) is 58.1 Å². The maximum Gasteiger partial charge on any atom is 0.250 e. The molecule has 7 heteroatoms. The van der Waals surface area contributed by atoms with Crippen molar-refractivity contribution in [2.24, 2.45) is 5.10 Å². The first-order valence-corrected chi connectivity index (χ1v) is 9.88. The maximum atomic E-state index is 11.8. The molecule has 0 heterocycles. The topological polar surface area (TPSA) is 50.7 Å². The predicted molar refractivity (Wildman–Crippen MR) is 110 cm³/mol. The molecule has 0 aromatic heterocycles. The van der Waals surface area contributed by atoms with Crippen LogP contribution in [0.25, 0.3) is 0 Å². The summed E-state index contributed by atoms with van der Waals surface area (Å²) >= 11 is 13.5. The highest BCUT2D eigenvalue weighted by atomic mass is 35.5. The molecule has 2 aromatic rings. The van der Waals surface area contributed by atoms with Gasteiger partial charge in [0.25, 0.3) is 0 Å². The molecule has 0 fully saturated rings. The molecular weight excluding hydrogens is 391 g/mol. The van der Waals surface area contributed by atoms with Crippen molar-refractivity contribution in [2.45, 2.75) is 31.3 Å². The van der Waals surface area contributed by atoms with Crippen LogP contribution in [0.2, 0.25) is 10.0 Å². The highest BCUT2D eigenvalue weighted by Gasteiger charge is 2.06. The second-order valence-corrected chi connectivity index (χ2v) is 7.45. The molecule has 0 radical (unpaired) electrons. The summed E-state index contributed by atoms with van der Waals surface area (Å²) in [5.41, 5.74) is 3.27. The Morgan fingerprint density at radius 3 is 2.65 bits per heavy atom. The van der Waals surface area contributed by atoms with Crippen LogP contribution in [0.5, 0.6) is 5.75 Å². The highest BCUT2D eigenvalue weighted by molar-refractivity contribution is 8.00. The van der Waals surface area contributed by atoms with Crippen molar-refractivity contribution in [1.82, 2.24) is 5.43 Å². The average molecular weight is 411 g/mol. The lowest BCUT2D eigenvalue weighted by molar-refractivity contribution is -0.118. The molecule has 4 nitrogen and oxygen atoms in total. The van der Waals surface area contributed by atoms with E-state index in [2.05, 4.69) is 10.5 Å². The molecule has 0 unspecified atom stereocenters. The number of nitrogens with one attached hydrogen (secondary N) is 1. The first-order valence-electron chi connectivity index (χ1n) is 8.14. The van der Waals surface area contributed by atoms with E-state index in [1.807, 2.05) is 32.0 Å². The molecule has 2 aromatic carbocycles. The van der Waals surface area contributed by atoms with Crippen molar-refractivity contribution in [1.29, 1.82) is 0 Å². The fraction of sp³-hybridized carbons (Fsp3) is 0.263. The first-order chi connectivity index (χ1) is 12.5. The number of halogens is 2. The largest absolute Gasteiger partial charge is 0.489 e. The summed E-state index contributed by atoms with van der Waals surface area (Å²) in [6, 6.07) is 12.7. The van der Waals surface area contributed by atoms with Gasteiger partial charge in [0.2, 0.25) is 5.91 Å². The molecule has 1 N–H and O–H groups in total. The molecule has 26 heavy (non-hydrogen) atoms. The summed E-state index contributed by atoms with van der Waals surface area (Å²) in [4.78, 5) is 12.8. The molecule has 0 saturated carbocycles. The standard InChI is InChI=1S/C19H20Cl2N2O2S/c1-3-13(2)25-18-9-4-14(10-17(18)21)11-22-23-19(24)12-26-16-7-5-15(20)6-8-16/h4-11,13H,3,12H2,1-2H3,(H,23,24)/b22-11-/t13-/m0/s1. The van der Waals surface area contributed by atoms with E-state index in [0.29, 0.717) is 15.8 Å². The van der Waals surface area contributed by atoms with E-state index in [4.69, 9.17) is 27.9 Å². The Balaban J connectivity index is 1.82. The number of amides is 1. The highest BCUT2D eigenvalue weighted by Crippen LogP contribution is 2.26. The molecule has 0 saturated heterocycles. The van der Waals surface area contributed by atoms with Gasteiger partial charge in [0.05, 0.1) is 23.1 Å². The number of rotatable bonds is 8. The van der Waals surface area contributed by atoms with E-state index in [0.717, 1.165) is 16.9 Å². The molecule has 0 bridgehead atoms. The van der Waals surface area contributed by atoms with Crippen LogP contribution in [0.4, 0.5) is 0 Å². The average Bonchev–Trinajstić information content (AvgIpc) is 2.63. The number of ether oxygens (including phenoxy) is 1. The van der Waals surface area contributed by atoms with Gasteiger partial charge in [0.1, 0.15) is 5.75 Å². The van der Waals surface area contributed by atoms with Gasteiger partial charge in [-0.05, 0) is 61.4 Å². The number of nitrogens with zero attached hydrogens (tertiary/aromatic N) is 1. The van der Waals surface area contributed by atoms with Crippen LogP contribution in [0, 0.1) is 0 Å². The molecule has 2 rings (SSSR count). The Morgan fingerprint density at radius 1 is 1.27 bits per heavy atom. The Morgan fingerprint density at radius 2 is 2.00 bits per heavy atom. The van der Waals surface area contributed by atoms with Gasteiger partial charge in [-0.25, -0.2) is 5.43 Å². The predicted octanol–water partition coefficient (Wildman–Crippen LogP) is 5.41. The van der Waals surface area contributed by atoms with E-state index < -0.39 is 0 Å². The summed E-state index contributed by atoms with van der Waals surface area (Å²) in [6.07, 6.45) is 2.55. The molecule has 0 aliphatic carbocycles. The van der Waals surface area contributed by atoms with Gasteiger partial charge >= 0.3 is 0 Å². The molecule has 138 valence electrons. The SMILES string of the molecule is CC[C@H](C)Oc1ccc(/C=N\NC(=O)CSc2ccc(Cl)cc2)cc1Cl. The zero-order valence-electron chi connectivity index (χ0n) is 14.5. The van der Waals surface area contributed by atoms with Gasteiger partial charge in [-0.2, -0.15) is 5.10 Å². The second-order valence-electron chi connectivity index (χ2n) is 5.56. The fourth-order valence-corrected chi connectivity index (χ4v) is 2.93. The molecule has 1 amide bonds. The van der Waals surface area contributed by atoms with Gasteiger partial charge in [-0.1, -0.05) is 30.1 Å². The minimum atomic E-state index is -0.191. The summed E-state index contributed by atoms with van der Waals surface area (Å²) < 4.78 is 5.72. The van der Waals surface area contributed by atoms with Crippen LogP contribution in [0.15, 0.2) is 52.5 Å². The molecule has 1 atom stereocenters. The van der Waals surface area contributed by atoms with Crippen LogP contribution in [0.3, 0.4) is 0 Å². The van der Waals surface area contributed by atoms with E-state index in [9.17, 15) is 4.79 Å². The third-order valence-corrected chi connectivity index (χ3v) is 5.00. The van der Waals surface area contributed by atoms with E-state index >= 15 is 0 Å². The fourth-order valence-electron chi connectivity index (χ4n) is 1.88. The monoisotopic (exact) mass is 410 g/mol. The van der Waals surface area contributed by atoms with Crippen molar-refractivity contribution in [2.75, 3.05) is 5.75 Å². The van der Waals surface area contributed by atoms with Crippen LogP contribution < -0.4 is 10.2 Å². The zero-order chi connectivity index (χ0) is 18.9. The van der Waals surface area contributed by atoms with E-state index in [1.54, 1.807) is 30.5 Å². The summed E-state index contributed by atoms with van der Waals surface area (Å²) in [6.45, 7) is 4.04. The smallest absolute Gasteiger partial charge is 0.250 e. The Labute approximate surface area is 167 Å². The third kappa shape index (κ3) is 6.90. The van der Waals surface area contributed by atoms with Crippen molar-refractivity contribution in [3.63, 3.8) is 0 Å². The lowest BCUT2D eigenvalue weighted by atomic mass is 10.2. The van der Waals surface area contributed by atoms with Gasteiger partial charge in [-0.3, -0.25) is 4.79 Å². The number of carbonyl (C=O) groups excluding carboxylic acids is 1. The minimum absolute atomic E-state index is 0.101. The first kappa shape index (κ1) is 20.6. The normalized spacial score (nSPS) is 12.2. The van der Waals surface area contributed by atoms with Gasteiger partial charge < -0.3 is 4.74 Å². The lowest BCUT2D eigenvalue weighted by Gasteiger charge is -2.13. The van der Waals surface area contributed by atoms with Gasteiger partial charge in [0.15, 0.2) is 0 Å². The molecule has 0 spiro atoms. The van der Waals surface area contributed by atoms with Crippen molar-refractivity contribution in [3.8, 4) is 5.75 Å². The summed E-state index contributed by atoms with van der Waals surface area (Å²) in [5.74, 6) is 0.715. The van der Waals surface area contributed by atoms with Crippen LogP contribution in [0.1, 0.15) is 25.8 Å². The van der Waals surface area contributed by atoms with Crippen LogP contribution in [-0.2, 0) is 4.79 Å². The minimum Gasteiger partial charge on any atom is -0.489 e. The van der Waals surface area contributed by atoms with E-state index in [-0.39, 0.29) is 17.8 Å². The number of thioether (sulfide) groups is 1. The number of benzene rings is 2. The zero-order valence-corrected chi connectivity index (χ0v) is 16.9. The second kappa shape index (κ2) is 10.5. The lowest BCUT2D eigenvalue weighted by Crippen LogP contribution is -2.19. The molecule has 0 aliphatic rings. The quantitative estimate of drug-likeness (QED) is 0.359. The Kier molecular flexibility index (Phi) is 8.29. The van der Waals surface area contributed by atoms with E-state index in [1.165, 1.54) is 11.8 Å². The van der Waals surface area contributed by atoms with Gasteiger partial charge in [-0.15, -0.1) is 11.8 Å². The van der Waals surface area contributed by atoms with Crippen molar-refractivity contribution >= 4 is 47.1 Å². The molecular formula is C19H20Cl2N2O2S. The Hall–Kier alpha value is -1.69. The number of carbonyl (C=O) groups is 1. The van der Waals surface area contributed by atoms with Crippen molar-refractivity contribution < 1.29 is 9.53 Å². The van der Waals surface area contributed by atoms with Crippen LogP contribution >= 0.6 is 35.0 Å². The summed E-state index contributed by atoms with van der Waals surface area (Å²) in [5, 5.41) is 5.14.